The molecule has 0 saturated heterocycles. The van der Waals surface area contributed by atoms with E-state index in [0.717, 1.165) is 0 Å². The molecule has 0 aliphatic rings. The Bertz CT molecular complexity index is 1040. The maximum Gasteiger partial charge on any atom is 0.297 e. The van der Waals surface area contributed by atoms with Crippen LogP contribution < -0.4 is 10.4 Å². The first-order valence-electron chi connectivity index (χ1n) is 11.0. The number of ether oxygens (including phenoxy) is 1. The molecule has 0 atom stereocenters. The lowest BCUT2D eigenvalue weighted by Crippen LogP contribution is -2.66. The highest BCUT2D eigenvalue weighted by Gasteiger charge is 2.49. The van der Waals surface area contributed by atoms with Gasteiger partial charge in [0.2, 0.25) is 0 Å². The third-order valence-corrected chi connectivity index (χ3v) is 11.8. The van der Waals surface area contributed by atoms with Crippen LogP contribution in [-0.4, -0.2) is 43.2 Å². The molecule has 0 saturated carbocycles. The van der Waals surface area contributed by atoms with E-state index in [1.54, 1.807) is 18.2 Å². The van der Waals surface area contributed by atoms with Gasteiger partial charge >= 0.3 is 0 Å². The first kappa shape index (κ1) is 25.3. The Labute approximate surface area is 198 Å². The lowest BCUT2D eigenvalue weighted by Gasteiger charge is -2.43. The Balaban J connectivity index is 1.62. The van der Waals surface area contributed by atoms with Crippen molar-refractivity contribution in [3.63, 3.8) is 0 Å². The molecule has 176 valence electrons. The van der Waals surface area contributed by atoms with Crippen molar-refractivity contribution in [1.29, 1.82) is 0 Å². The van der Waals surface area contributed by atoms with Crippen LogP contribution in [0.3, 0.4) is 0 Å². The first-order chi connectivity index (χ1) is 15.8. The molecule has 0 heterocycles. The van der Waals surface area contributed by atoms with Gasteiger partial charge in [0.05, 0.1) is 31.3 Å². The number of benzene rings is 3. The van der Waals surface area contributed by atoms with Crippen LogP contribution in [0, 0.1) is 0 Å². The average Bonchev–Trinajstić information content (AvgIpc) is 2.82. The zero-order valence-corrected chi connectivity index (χ0v) is 21.3. The Morgan fingerprint density at radius 2 is 1.12 bits per heavy atom. The molecule has 7 heteroatoms. The molecule has 3 rings (SSSR count). The second kappa shape index (κ2) is 11.2. The largest absolute Gasteiger partial charge is 0.405 e. The van der Waals surface area contributed by atoms with E-state index in [1.165, 1.54) is 22.5 Å². The van der Waals surface area contributed by atoms with Crippen molar-refractivity contribution in [3.8, 4) is 0 Å². The molecule has 3 aromatic carbocycles. The summed E-state index contributed by atoms with van der Waals surface area (Å²) in [5.74, 6) is 0. The van der Waals surface area contributed by atoms with E-state index in [-0.39, 0.29) is 23.1 Å². The summed E-state index contributed by atoms with van der Waals surface area (Å²) in [6.07, 6.45) is 0. The van der Waals surface area contributed by atoms with E-state index < -0.39 is 18.4 Å². The predicted octanol–water partition coefficient (Wildman–Crippen LogP) is 3.99. The summed E-state index contributed by atoms with van der Waals surface area (Å²) in [6, 6.07) is 28.9. The molecular formula is C26H32O5SSi. The molecule has 0 aliphatic heterocycles. The van der Waals surface area contributed by atoms with Crippen molar-refractivity contribution < 1.29 is 21.8 Å². The third kappa shape index (κ3) is 6.19. The van der Waals surface area contributed by atoms with Gasteiger partial charge in [0.25, 0.3) is 18.4 Å². The van der Waals surface area contributed by atoms with E-state index in [0.29, 0.717) is 13.2 Å². The van der Waals surface area contributed by atoms with Crippen LogP contribution in [0.15, 0.2) is 95.9 Å². The van der Waals surface area contributed by atoms with E-state index in [4.69, 9.17) is 13.3 Å². The maximum absolute atomic E-state index is 12.2. The molecular weight excluding hydrogens is 452 g/mol. The smallest absolute Gasteiger partial charge is 0.297 e. The highest BCUT2D eigenvalue weighted by atomic mass is 32.2. The van der Waals surface area contributed by atoms with Gasteiger partial charge in [0, 0.05) is 0 Å². The van der Waals surface area contributed by atoms with Crippen molar-refractivity contribution >= 4 is 28.8 Å². The average molecular weight is 485 g/mol. The molecule has 0 spiro atoms. The summed E-state index contributed by atoms with van der Waals surface area (Å²) in [6.45, 7) is 7.54. The number of hydrogen-bond donors (Lipinski definition) is 0. The molecule has 0 radical (unpaired) electrons. The molecule has 0 unspecified atom stereocenters. The van der Waals surface area contributed by atoms with Crippen LogP contribution in [0.5, 0.6) is 0 Å². The third-order valence-electron chi connectivity index (χ3n) is 5.46. The standard InChI is InChI=1S/C26H32O5SSi/c1-26(2,3)33(24-15-9-5-10-16-24,25-17-11-6-12-18-25)31-22-20-29-19-21-30-32(27,28)23-13-7-4-8-14-23/h4-18H,19-22H2,1-3H3. The lowest BCUT2D eigenvalue weighted by atomic mass is 10.2. The second-order valence-corrected chi connectivity index (χ2v) is 14.6. The molecule has 5 nitrogen and oxygen atoms in total. The zero-order valence-electron chi connectivity index (χ0n) is 19.4. The summed E-state index contributed by atoms with van der Waals surface area (Å²) in [5.41, 5.74) is 0. The fourth-order valence-electron chi connectivity index (χ4n) is 3.98. The second-order valence-electron chi connectivity index (χ2n) is 8.71. The van der Waals surface area contributed by atoms with Crippen molar-refractivity contribution in [3.05, 3.63) is 91.0 Å². The van der Waals surface area contributed by atoms with Gasteiger partial charge in [-0.2, -0.15) is 8.42 Å². The Hall–Kier alpha value is -2.29. The fraction of sp³-hybridized carbons (Fsp3) is 0.308. The van der Waals surface area contributed by atoms with Gasteiger partial charge in [0.15, 0.2) is 0 Å². The van der Waals surface area contributed by atoms with Crippen molar-refractivity contribution in [2.45, 2.75) is 30.7 Å². The number of hydrogen-bond acceptors (Lipinski definition) is 5. The van der Waals surface area contributed by atoms with Crippen molar-refractivity contribution in [1.82, 2.24) is 0 Å². The quantitative estimate of drug-likeness (QED) is 0.234. The minimum atomic E-state index is -3.77. The minimum absolute atomic E-state index is 0.0452. The van der Waals surface area contributed by atoms with Gasteiger partial charge in [0.1, 0.15) is 0 Å². The number of rotatable bonds is 11. The van der Waals surface area contributed by atoms with E-state index >= 15 is 0 Å². The molecule has 0 aromatic heterocycles. The van der Waals surface area contributed by atoms with Crippen LogP contribution >= 0.6 is 0 Å². The summed E-state index contributed by atoms with van der Waals surface area (Å²) in [4.78, 5) is 0.139. The van der Waals surface area contributed by atoms with Gasteiger partial charge in [-0.05, 0) is 27.5 Å². The van der Waals surface area contributed by atoms with E-state index in [1.807, 2.05) is 12.1 Å². The molecule has 3 aromatic rings. The van der Waals surface area contributed by atoms with Crippen molar-refractivity contribution in [2.24, 2.45) is 0 Å². The van der Waals surface area contributed by atoms with Gasteiger partial charge in [-0.25, -0.2) is 0 Å². The molecule has 33 heavy (non-hydrogen) atoms. The minimum Gasteiger partial charge on any atom is -0.405 e. The van der Waals surface area contributed by atoms with Gasteiger partial charge in [-0.3, -0.25) is 4.18 Å². The predicted molar refractivity (Wildman–Crippen MR) is 134 cm³/mol. The van der Waals surface area contributed by atoms with E-state index in [2.05, 4.69) is 69.3 Å². The SMILES string of the molecule is CC(C)(C)[Si](OCCOCCOS(=O)(=O)c1ccccc1)(c1ccccc1)c1ccccc1. The van der Waals surface area contributed by atoms with Crippen LogP contribution in [-0.2, 0) is 23.5 Å². The zero-order chi connectivity index (χ0) is 23.8. The van der Waals surface area contributed by atoms with Gasteiger partial charge in [-0.15, -0.1) is 0 Å². The summed E-state index contributed by atoms with van der Waals surface area (Å²) in [5, 5.41) is 2.31. The monoisotopic (exact) mass is 484 g/mol. The van der Waals surface area contributed by atoms with Gasteiger partial charge in [-0.1, -0.05) is 99.6 Å². The fourth-order valence-corrected chi connectivity index (χ4v) is 9.43. The van der Waals surface area contributed by atoms with Crippen LogP contribution in [0.4, 0.5) is 0 Å². The molecule has 0 bridgehead atoms. The lowest BCUT2D eigenvalue weighted by molar-refractivity contribution is 0.0755. The molecule has 0 fully saturated rings. The Kier molecular flexibility index (Phi) is 8.61. The normalized spacial score (nSPS) is 12.6. The molecule has 0 aliphatic carbocycles. The van der Waals surface area contributed by atoms with Crippen LogP contribution in [0.1, 0.15) is 20.8 Å². The topological polar surface area (TPSA) is 61.8 Å². The molecule has 0 amide bonds. The van der Waals surface area contributed by atoms with Crippen LogP contribution in [0.25, 0.3) is 0 Å². The van der Waals surface area contributed by atoms with E-state index in [9.17, 15) is 8.42 Å². The summed E-state index contributed by atoms with van der Waals surface area (Å²) in [7, 11) is -6.37. The first-order valence-corrected chi connectivity index (χ1v) is 14.4. The Morgan fingerprint density at radius 1 is 0.667 bits per heavy atom. The summed E-state index contributed by atoms with van der Waals surface area (Å²) < 4.78 is 41.8. The highest BCUT2D eigenvalue weighted by Crippen LogP contribution is 2.36. The van der Waals surface area contributed by atoms with Crippen molar-refractivity contribution in [2.75, 3.05) is 26.4 Å². The summed E-state index contributed by atoms with van der Waals surface area (Å²) >= 11 is 0. The highest BCUT2D eigenvalue weighted by molar-refractivity contribution is 7.86. The van der Waals surface area contributed by atoms with Crippen LogP contribution in [0.2, 0.25) is 5.04 Å². The van der Waals surface area contributed by atoms with Gasteiger partial charge < -0.3 is 9.16 Å². The molecule has 0 N–H and O–H groups in total. The Morgan fingerprint density at radius 3 is 1.61 bits per heavy atom. The maximum atomic E-state index is 12.2.